The molecule has 0 N–H and O–H groups in total. The normalized spacial score (nSPS) is 11.9. The zero-order valence-electron chi connectivity index (χ0n) is 64.7. The van der Waals surface area contributed by atoms with Gasteiger partial charge in [0.1, 0.15) is 17.2 Å². The first-order chi connectivity index (χ1) is 57.1. The molecule has 18 aromatic carbocycles. The number of hydrogen-bond donors (Lipinski definition) is 0. The second-order valence-electron chi connectivity index (χ2n) is 31.0. The van der Waals surface area contributed by atoms with Crippen LogP contribution in [0.5, 0.6) is 0 Å². The number of fused-ring (bicyclic) bond motifs is 6. The first kappa shape index (κ1) is 70.7. The van der Waals surface area contributed by atoms with Crippen LogP contribution in [0.1, 0.15) is 56.2 Å². The molecule has 0 fully saturated rings. The van der Waals surface area contributed by atoms with E-state index < -0.39 is 16.1 Å². The van der Waals surface area contributed by atoms with Crippen molar-refractivity contribution < 1.29 is 8.83 Å². The summed E-state index contributed by atoms with van der Waals surface area (Å²) in [5.41, 5.74) is 15.1. The Kier molecular flexibility index (Phi) is 17.7. The maximum Gasteiger partial charge on any atom is 0.211 e. The van der Waals surface area contributed by atoms with Gasteiger partial charge in [-0.25, -0.2) is 4.85 Å². The number of anilines is 6. The van der Waals surface area contributed by atoms with Gasteiger partial charge in [0.05, 0.1) is 46.3 Å². The zero-order valence-corrected chi connectivity index (χ0v) is 66.7. The van der Waals surface area contributed by atoms with Crippen LogP contribution >= 0.6 is 0 Å². The topological polar surface area (TPSA) is 60.9 Å². The minimum atomic E-state index is -2.83. The van der Waals surface area contributed by atoms with E-state index in [-0.39, 0.29) is 11.8 Å². The summed E-state index contributed by atoms with van der Waals surface area (Å²) in [7, 11) is -5.66. The lowest BCUT2D eigenvalue weighted by atomic mass is 9.84. The summed E-state index contributed by atoms with van der Waals surface area (Å²) < 4.78 is 14.2. The van der Waals surface area contributed by atoms with E-state index in [1.165, 1.54) is 41.5 Å². The number of hydrogen-bond acceptors (Lipinski definition) is 5. The highest BCUT2D eigenvalue weighted by Crippen LogP contribution is 2.55. The van der Waals surface area contributed by atoms with Crippen molar-refractivity contribution in [1.29, 1.82) is 5.26 Å². The maximum atomic E-state index is 12.0. The number of nitriles is 1. The minimum absolute atomic E-state index is 0.0544. The summed E-state index contributed by atoms with van der Waals surface area (Å²) in [6.07, 6.45) is 0. The molecule has 0 bridgehead atoms. The molecule has 2 heterocycles. The van der Waals surface area contributed by atoms with E-state index >= 15 is 0 Å². The average Bonchev–Trinajstić information content (AvgIpc) is 0.882. The monoisotopic (exact) mass is 1520 g/mol. The Labute approximate surface area is 677 Å². The molecule has 0 unspecified atom stereocenters. The van der Waals surface area contributed by atoms with Gasteiger partial charge in [-0.05, 0) is 169 Å². The molecule has 0 atom stereocenters. The third kappa shape index (κ3) is 11.4. The van der Waals surface area contributed by atoms with Crippen LogP contribution in [0.2, 0.25) is 0 Å². The van der Waals surface area contributed by atoms with Crippen molar-refractivity contribution in [3.63, 3.8) is 0 Å². The molecule has 0 aliphatic carbocycles. The predicted molar refractivity (Wildman–Crippen MR) is 491 cm³/mol. The Balaban J connectivity index is 0.785. The van der Waals surface area contributed by atoms with Crippen LogP contribution in [0.15, 0.2) is 397 Å². The highest BCUT2D eigenvalue weighted by atomic mass is 28.3. The molecular formula is C108H78N4O2Si2. The molecule has 0 aliphatic heterocycles. The average molecular weight is 1520 g/mol. The summed E-state index contributed by atoms with van der Waals surface area (Å²) in [6, 6.07) is 143. The predicted octanol–water partition coefficient (Wildman–Crippen LogP) is 24.1. The van der Waals surface area contributed by atoms with Crippen LogP contribution in [0.3, 0.4) is 0 Å². The van der Waals surface area contributed by atoms with Gasteiger partial charge < -0.3 is 18.6 Å². The molecule has 0 saturated carbocycles. The van der Waals surface area contributed by atoms with Crippen LogP contribution in [0, 0.1) is 17.9 Å². The minimum Gasteiger partial charge on any atom is -0.454 e. The van der Waals surface area contributed by atoms with E-state index in [0.717, 1.165) is 138 Å². The number of furan rings is 2. The molecule has 550 valence electrons. The number of nitrogens with zero attached hydrogens (tertiary/aromatic N) is 4. The molecule has 0 saturated heterocycles. The van der Waals surface area contributed by atoms with Gasteiger partial charge in [0.2, 0.25) is 5.69 Å². The summed E-state index contributed by atoms with van der Waals surface area (Å²) in [5.74, 6) is 0.111. The maximum absolute atomic E-state index is 12.0. The van der Waals surface area contributed by atoms with Gasteiger partial charge in [-0.3, -0.25) is 0 Å². The highest BCUT2D eigenvalue weighted by molar-refractivity contribution is 7.20. The summed E-state index contributed by atoms with van der Waals surface area (Å²) in [5, 5.41) is 32.8. The molecule has 0 amide bonds. The third-order valence-corrected chi connectivity index (χ3v) is 33.7. The molecule has 6 nitrogen and oxygen atoms in total. The zero-order chi connectivity index (χ0) is 78.2. The largest absolute Gasteiger partial charge is 0.454 e. The summed E-state index contributed by atoms with van der Waals surface area (Å²) in [6.45, 7) is 18.5. The lowest BCUT2D eigenvalue weighted by Crippen LogP contribution is -2.74. The van der Waals surface area contributed by atoms with Crippen LogP contribution in [-0.4, -0.2) is 16.1 Å². The first-order valence-electron chi connectivity index (χ1n) is 39.9. The SMILES string of the molecule is [C-]#[N+]c1cc(-c2ccc([Si](c3ccccc3)(c3ccccc3)c3ccccc3)cc2)ccc1N(c1cc(C(C)C)c2ccc3c(N(c4ccc(-c5ccc([Si](c6ccccc6)(c6ccccc6)c6ccccc6)cc5)cc4C#N)c4cccc5c4oc4ccccc45)cc(C(C)C)c4ccc1c2c43)c1cccc2c1oc1ccccc12. The van der Waals surface area contributed by atoms with Crippen molar-refractivity contribution in [2.45, 2.75) is 39.5 Å². The van der Waals surface area contributed by atoms with Crippen LogP contribution in [0.4, 0.5) is 39.8 Å². The standard InChI is InChI=1S/C108H78N4O2Si2/c1-71(2)94-68-101(111(99-46-28-44-90-86-42-24-26-48-103(86)113-107(90)99)97-64-54-75(66-77(97)70-109)73-50-56-84(57-51-73)115(78-30-12-6-13-31-78,79-32-14-7-15-33-79)80-34-16-8-17-35-80)92-62-60-89-95(72(3)4)69-102(93-63-61-88(94)105(92)106(89)93)112(100-47-29-45-91-87-43-25-27-49-104(87)114-108(91)100)98-65-55-76(67-96(98)110-5)74-52-58-85(59-53-74)116(81-36-18-9-19-37-81,82-38-20-10-21-39-82)83-40-22-11-23-41-83/h6-69,71-72H,1-4H3. The summed E-state index contributed by atoms with van der Waals surface area (Å²) >= 11 is 0. The van der Waals surface area contributed by atoms with Crippen molar-refractivity contribution in [2.24, 2.45) is 0 Å². The number of benzene rings is 18. The smallest absolute Gasteiger partial charge is 0.211 e. The first-order valence-corrected chi connectivity index (χ1v) is 43.9. The van der Waals surface area contributed by atoms with Gasteiger partial charge in [-0.1, -0.05) is 355 Å². The van der Waals surface area contributed by atoms with Gasteiger partial charge in [0, 0.05) is 32.3 Å². The molecule has 2 aromatic heterocycles. The van der Waals surface area contributed by atoms with Crippen molar-refractivity contribution in [3.8, 4) is 28.3 Å². The molecule has 116 heavy (non-hydrogen) atoms. The van der Waals surface area contributed by atoms with Crippen molar-refractivity contribution in [2.75, 3.05) is 9.80 Å². The molecular weight excluding hydrogens is 1440 g/mol. The van der Waals surface area contributed by atoms with E-state index in [4.69, 9.17) is 8.83 Å². The van der Waals surface area contributed by atoms with E-state index in [0.29, 0.717) is 16.8 Å². The second kappa shape index (κ2) is 29.0. The molecule has 20 aromatic rings. The molecule has 0 radical (unpaired) electrons. The molecule has 0 spiro atoms. The van der Waals surface area contributed by atoms with Crippen LogP contribution < -0.4 is 51.3 Å². The second-order valence-corrected chi connectivity index (χ2v) is 38.7. The van der Waals surface area contributed by atoms with E-state index in [1.54, 1.807) is 0 Å². The Hall–Kier alpha value is -14.4. The third-order valence-electron chi connectivity index (χ3n) is 24.1. The Morgan fingerprint density at radius 3 is 0.974 bits per heavy atom. The van der Waals surface area contributed by atoms with E-state index in [1.807, 2.05) is 24.3 Å². The fraction of sp³-hybridized carbons (Fsp3) is 0.0556. The van der Waals surface area contributed by atoms with Gasteiger partial charge in [-0.2, -0.15) is 5.26 Å². The highest BCUT2D eigenvalue weighted by Gasteiger charge is 2.43. The van der Waals surface area contributed by atoms with Crippen molar-refractivity contribution in [3.05, 3.63) is 416 Å². The Morgan fingerprint density at radius 2 is 0.603 bits per heavy atom. The Bertz CT molecular complexity index is 6590. The lowest BCUT2D eigenvalue weighted by molar-refractivity contribution is 0.668. The lowest BCUT2D eigenvalue weighted by Gasteiger charge is -2.34. The quantitative estimate of drug-likeness (QED) is 0.0371. The van der Waals surface area contributed by atoms with Crippen molar-refractivity contribution in [1.82, 2.24) is 0 Å². The van der Waals surface area contributed by atoms with Gasteiger partial charge in [0.25, 0.3) is 0 Å². The van der Waals surface area contributed by atoms with E-state index in [9.17, 15) is 11.8 Å². The molecule has 20 rings (SSSR count). The van der Waals surface area contributed by atoms with Crippen LogP contribution in [0.25, 0.3) is 103 Å². The van der Waals surface area contributed by atoms with E-state index in [2.05, 4.69) is 412 Å². The summed E-state index contributed by atoms with van der Waals surface area (Å²) in [4.78, 5) is 9.14. The Morgan fingerprint density at radius 1 is 0.284 bits per heavy atom. The van der Waals surface area contributed by atoms with Gasteiger partial charge in [0.15, 0.2) is 27.3 Å². The van der Waals surface area contributed by atoms with Crippen LogP contribution in [-0.2, 0) is 0 Å². The fourth-order valence-corrected chi connectivity index (χ4v) is 28.4. The molecule has 8 heteroatoms. The fourth-order valence-electron chi connectivity index (χ4n) is 18.9. The number of rotatable bonds is 18. The van der Waals surface area contributed by atoms with Gasteiger partial charge >= 0.3 is 0 Å². The number of para-hydroxylation sites is 4. The molecule has 0 aliphatic rings. The van der Waals surface area contributed by atoms with Gasteiger partial charge in [-0.15, -0.1) is 0 Å². The van der Waals surface area contributed by atoms with Crippen molar-refractivity contribution >= 4 is 174 Å².